The molecule has 1 amide bonds. The molecule has 3 N–H and O–H groups in total. The van der Waals surface area contributed by atoms with Gasteiger partial charge in [0.05, 0.1) is 18.8 Å². The summed E-state index contributed by atoms with van der Waals surface area (Å²) in [7, 11) is 0. The zero-order valence-corrected chi connectivity index (χ0v) is 44.1. The molecule has 384 valence electrons. The summed E-state index contributed by atoms with van der Waals surface area (Å²) >= 11 is 0. The monoisotopic (exact) mass is 936 g/mol. The highest BCUT2D eigenvalue weighted by Gasteiger charge is 2.17. The number of carbonyl (C=O) groups excluding carboxylic acids is 1. The summed E-state index contributed by atoms with van der Waals surface area (Å²) in [4.78, 5) is 12.5. The lowest BCUT2D eigenvalue weighted by molar-refractivity contribution is -0.123. The predicted octanol–water partition coefficient (Wildman–Crippen LogP) is 18.8. The Morgan fingerprint density at radius 2 is 0.647 bits per heavy atom. The Balaban J connectivity index is 3.72. The van der Waals surface area contributed by atoms with Gasteiger partial charge in [0, 0.05) is 6.42 Å². The summed E-state index contributed by atoms with van der Waals surface area (Å²) in [5.41, 5.74) is 0. The zero-order valence-electron chi connectivity index (χ0n) is 44.1. The molecule has 0 rings (SSSR count). The molecule has 0 saturated heterocycles. The third-order valence-corrected chi connectivity index (χ3v) is 11.8. The van der Waals surface area contributed by atoms with E-state index in [2.05, 4.69) is 153 Å². The van der Waals surface area contributed by atoms with Crippen LogP contribution in [-0.4, -0.2) is 34.9 Å². The third kappa shape index (κ3) is 53.2. The molecular formula is C64H105NO3. The van der Waals surface area contributed by atoms with E-state index in [1.807, 2.05) is 6.08 Å². The van der Waals surface area contributed by atoms with E-state index in [1.54, 1.807) is 6.08 Å². The molecule has 68 heavy (non-hydrogen) atoms. The second-order valence-corrected chi connectivity index (χ2v) is 18.3. The maximum atomic E-state index is 12.5. The van der Waals surface area contributed by atoms with Crippen LogP contribution in [0, 0.1) is 0 Å². The van der Waals surface area contributed by atoms with Gasteiger partial charge >= 0.3 is 0 Å². The number of nitrogens with one attached hydrogen (secondary N) is 1. The molecule has 0 aromatic rings. The highest BCUT2D eigenvalue weighted by molar-refractivity contribution is 5.76. The van der Waals surface area contributed by atoms with E-state index < -0.39 is 12.1 Å². The molecule has 0 radical (unpaired) electrons. The summed E-state index contributed by atoms with van der Waals surface area (Å²) < 4.78 is 0. The van der Waals surface area contributed by atoms with Gasteiger partial charge in [-0.3, -0.25) is 4.79 Å². The summed E-state index contributed by atoms with van der Waals surface area (Å²) in [5.74, 6) is -0.101. The van der Waals surface area contributed by atoms with Gasteiger partial charge in [-0.1, -0.05) is 269 Å². The molecule has 0 saturated carbocycles. The number of aliphatic hydroxyl groups is 2. The average molecular weight is 937 g/mol. The molecule has 2 atom stereocenters. The van der Waals surface area contributed by atoms with Crippen molar-refractivity contribution in [2.75, 3.05) is 6.61 Å². The lowest BCUT2D eigenvalue weighted by Gasteiger charge is -2.19. The van der Waals surface area contributed by atoms with Crippen LogP contribution in [0.25, 0.3) is 0 Å². The van der Waals surface area contributed by atoms with Crippen molar-refractivity contribution >= 4 is 5.91 Å². The van der Waals surface area contributed by atoms with Gasteiger partial charge in [-0.25, -0.2) is 0 Å². The minimum Gasteiger partial charge on any atom is -0.394 e. The van der Waals surface area contributed by atoms with Crippen LogP contribution in [0.1, 0.15) is 232 Å². The maximum Gasteiger partial charge on any atom is 0.220 e. The first-order valence-corrected chi connectivity index (χ1v) is 28.0. The molecule has 0 heterocycles. The molecule has 0 aliphatic heterocycles. The van der Waals surface area contributed by atoms with Crippen LogP contribution in [-0.2, 0) is 4.79 Å². The van der Waals surface area contributed by atoms with Crippen molar-refractivity contribution in [2.45, 2.75) is 244 Å². The summed E-state index contributed by atoms with van der Waals surface area (Å²) in [6, 6.07) is -0.652. The summed E-state index contributed by atoms with van der Waals surface area (Å²) in [6.45, 7) is 4.18. The molecule has 4 heteroatoms. The molecule has 2 unspecified atom stereocenters. The molecule has 0 spiro atoms. The Morgan fingerprint density at radius 1 is 0.368 bits per heavy atom. The fourth-order valence-corrected chi connectivity index (χ4v) is 7.59. The number of hydrogen-bond donors (Lipinski definition) is 3. The van der Waals surface area contributed by atoms with E-state index in [4.69, 9.17) is 0 Å². The normalized spacial score (nSPS) is 14.0. The highest BCUT2D eigenvalue weighted by Crippen LogP contribution is 2.15. The second kappa shape index (κ2) is 57.6. The fourth-order valence-electron chi connectivity index (χ4n) is 7.59. The number of aliphatic hydroxyl groups excluding tert-OH is 2. The van der Waals surface area contributed by atoms with Gasteiger partial charge in [0.15, 0.2) is 0 Å². The summed E-state index contributed by atoms with van der Waals surface area (Å²) in [5, 5.41) is 23.1. The Hall–Kier alpha value is -3.73. The Kier molecular flexibility index (Phi) is 54.4. The molecule has 0 fully saturated rings. The Labute approximate surface area is 421 Å². The van der Waals surface area contributed by atoms with E-state index >= 15 is 0 Å². The second-order valence-electron chi connectivity index (χ2n) is 18.3. The van der Waals surface area contributed by atoms with Crippen LogP contribution in [0.4, 0.5) is 0 Å². The van der Waals surface area contributed by atoms with Crippen molar-refractivity contribution in [2.24, 2.45) is 0 Å². The molecule has 0 aromatic heterocycles. The van der Waals surface area contributed by atoms with Gasteiger partial charge in [-0.05, 0) is 103 Å². The van der Waals surface area contributed by atoms with Gasteiger partial charge in [0.2, 0.25) is 5.91 Å². The predicted molar refractivity (Wildman–Crippen MR) is 303 cm³/mol. The van der Waals surface area contributed by atoms with Gasteiger partial charge in [0.1, 0.15) is 0 Å². The molecule has 0 bridgehead atoms. The number of hydrogen-bond acceptors (Lipinski definition) is 3. The lowest BCUT2D eigenvalue weighted by Crippen LogP contribution is -2.45. The molecular weight excluding hydrogens is 831 g/mol. The first kappa shape index (κ1) is 64.3. The summed E-state index contributed by atoms with van der Waals surface area (Å²) in [6.07, 6.45) is 91.3. The fraction of sp³-hybridized carbons (Fsp3) is 0.609. The number of amides is 1. The molecule has 4 nitrogen and oxygen atoms in total. The third-order valence-electron chi connectivity index (χ3n) is 11.8. The van der Waals surface area contributed by atoms with Crippen LogP contribution in [0.2, 0.25) is 0 Å². The van der Waals surface area contributed by atoms with Crippen molar-refractivity contribution in [3.63, 3.8) is 0 Å². The zero-order chi connectivity index (χ0) is 49.2. The number of unbranched alkanes of at least 4 members (excludes halogenated alkanes) is 20. The van der Waals surface area contributed by atoms with Crippen molar-refractivity contribution < 1.29 is 15.0 Å². The van der Waals surface area contributed by atoms with E-state index in [0.29, 0.717) is 6.42 Å². The quantitative estimate of drug-likeness (QED) is 0.0420. The average Bonchev–Trinajstić information content (AvgIpc) is 3.34. The van der Waals surface area contributed by atoms with Crippen LogP contribution in [0.15, 0.2) is 146 Å². The van der Waals surface area contributed by atoms with Crippen LogP contribution in [0.5, 0.6) is 0 Å². The number of carbonyl (C=O) groups is 1. The number of allylic oxidation sites excluding steroid dienone is 23. The van der Waals surface area contributed by atoms with Crippen molar-refractivity contribution in [3.8, 4) is 0 Å². The molecule has 0 aromatic carbocycles. The Morgan fingerprint density at radius 3 is 0.971 bits per heavy atom. The van der Waals surface area contributed by atoms with E-state index in [-0.39, 0.29) is 12.5 Å². The van der Waals surface area contributed by atoms with Crippen LogP contribution >= 0.6 is 0 Å². The molecule has 0 aliphatic carbocycles. The smallest absolute Gasteiger partial charge is 0.220 e. The minimum atomic E-state index is -0.865. The number of rotatable bonds is 49. The largest absolute Gasteiger partial charge is 0.394 e. The van der Waals surface area contributed by atoms with Gasteiger partial charge < -0.3 is 15.5 Å². The minimum absolute atomic E-state index is 0.101. The van der Waals surface area contributed by atoms with E-state index in [0.717, 1.165) is 109 Å². The SMILES string of the molecule is CC/C=C\C/C=C\C/C=C\C/C=C\C/C=C\C/C=C\C/C=C\C/C=C\C/C=C\C/C=C\C/C=C\CCCCCC(=O)NC(CO)C(O)/C=C/CCCCCCCCCCCCCCCCCCC. The van der Waals surface area contributed by atoms with Gasteiger partial charge in [0.25, 0.3) is 0 Å². The highest BCUT2D eigenvalue weighted by atomic mass is 16.3. The Bertz CT molecular complexity index is 1430. The first-order valence-electron chi connectivity index (χ1n) is 28.0. The van der Waals surface area contributed by atoms with Crippen molar-refractivity contribution in [1.82, 2.24) is 5.32 Å². The topological polar surface area (TPSA) is 69.6 Å². The van der Waals surface area contributed by atoms with Crippen molar-refractivity contribution in [1.29, 1.82) is 0 Å². The van der Waals surface area contributed by atoms with Crippen molar-refractivity contribution in [3.05, 3.63) is 146 Å². The lowest BCUT2D eigenvalue weighted by atomic mass is 10.0. The van der Waals surface area contributed by atoms with E-state index in [9.17, 15) is 15.0 Å². The standard InChI is InChI=1S/C64H105NO3/c1-3-5-7-9-11-13-15-17-19-21-23-24-25-26-27-28-29-30-31-32-33-34-35-36-37-38-39-40-42-44-46-48-50-52-54-56-58-60-64(68)65-62(61-66)63(67)59-57-55-53-51-49-47-45-43-41-22-20-18-16-14-12-10-8-6-4-2/h5,7,11,13,17,19,23-24,26-27,29-30,32-33,35-36,38-39,42,44,48,50,57,59,62-63,66-67H,3-4,6,8-10,12,14-16,18,20-22,25,28,31,34,37,40-41,43,45-47,49,51-56,58,60-61H2,1-2H3,(H,65,68)/b7-5-,13-11-,19-17-,24-23-,27-26-,30-29-,33-32-,36-35-,39-38-,44-42-,50-48-,59-57+. The van der Waals surface area contributed by atoms with Gasteiger partial charge in [-0.15, -0.1) is 0 Å². The van der Waals surface area contributed by atoms with E-state index in [1.165, 1.54) is 103 Å². The van der Waals surface area contributed by atoms with Crippen LogP contribution < -0.4 is 5.32 Å². The van der Waals surface area contributed by atoms with Crippen LogP contribution in [0.3, 0.4) is 0 Å². The van der Waals surface area contributed by atoms with Gasteiger partial charge in [-0.2, -0.15) is 0 Å². The molecule has 0 aliphatic rings. The maximum absolute atomic E-state index is 12.5. The first-order chi connectivity index (χ1) is 33.7.